The molecule has 1 amide bonds. The highest BCUT2D eigenvalue weighted by molar-refractivity contribution is 7.33. The summed E-state index contributed by atoms with van der Waals surface area (Å²) in [5.74, 6) is 0.605. The van der Waals surface area contributed by atoms with E-state index in [1.807, 2.05) is 84.9 Å². The van der Waals surface area contributed by atoms with Gasteiger partial charge in [0.15, 0.2) is 11.2 Å². The number of amides is 1. The zero-order valence-electron chi connectivity index (χ0n) is 30.2. The van der Waals surface area contributed by atoms with E-state index in [0.717, 1.165) is 16.7 Å². The van der Waals surface area contributed by atoms with Crippen molar-refractivity contribution < 1.29 is 37.4 Å². The summed E-state index contributed by atoms with van der Waals surface area (Å²) in [5, 5.41) is 11.6. The van der Waals surface area contributed by atoms with Crippen molar-refractivity contribution in [2.45, 2.75) is 50.7 Å². The SMILES string of the molecule is COc1ccc(C(OCC2OC(n3cnc4c(=O)[nH]c(NC(=O)C(C)C)nc43)CC2O[PH](=O)OCCC#N)(c2ccccc2)c2ccc(OC)cc2)cc1. The number of H-pyrrole nitrogens is 1. The van der Waals surface area contributed by atoms with Gasteiger partial charge >= 0.3 is 8.25 Å². The van der Waals surface area contributed by atoms with Crippen LogP contribution in [-0.4, -0.2) is 65.1 Å². The zero-order chi connectivity index (χ0) is 38.2. The average Bonchev–Trinajstić information content (AvgIpc) is 3.80. The molecule has 1 aliphatic heterocycles. The Morgan fingerprint density at radius 3 is 2.26 bits per heavy atom. The van der Waals surface area contributed by atoms with Crippen LogP contribution in [0.3, 0.4) is 0 Å². The molecule has 0 radical (unpaired) electrons. The second-order valence-electron chi connectivity index (χ2n) is 12.7. The molecule has 15 nitrogen and oxygen atoms in total. The molecule has 0 aliphatic carbocycles. The molecule has 1 aliphatic rings. The number of anilines is 1. The summed E-state index contributed by atoms with van der Waals surface area (Å²) in [4.78, 5) is 36.7. The Kier molecular flexibility index (Phi) is 12.2. The van der Waals surface area contributed by atoms with Gasteiger partial charge in [0.05, 0.1) is 52.4 Å². The van der Waals surface area contributed by atoms with Gasteiger partial charge in [-0.15, -0.1) is 0 Å². The maximum absolute atomic E-state index is 13.1. The summed E-state index contributed by atoms with van der Waals surface area (Å²) in [6.45, 7) is 3.30. The highest BCUT2D eigenvalue weighted by atomic mass is 31.1. The number of methoxy groups -OCH3 is 2. The number of carbonyl (C=O) groups excluding carboxylic acids is 1. The van der Waals surface area contributed by atoms with Crippen molar-refractivity contribution in [3.8, 4) is 17.6 Å². The van der Waals surface area contributed by atoms with Crippen molar-refractivity contribution in [1.29, 1.82) is 5.26 Å². The number of nitriles is 1. The number of nitrogens with one attached hydrogen (secondary N) is 2. The predicted molar refractivity (Wildman–Crippen MR) is 198 cm³/mol. The first-order chi connectivity index (χ1) is 26.2. The molecular weight excluding hydrogens is 715 g/mol. The predicted octanol–water partition coefficient (Wildman–Crippen LogP) is 5.73. The van der Waals surface area contributed by atoms with Crippen LogP contribution >= 0.6 is 8.25 Å². The highest BCUT2D eigenvalue weighted by Gasteiger charge is 2.44. The number of imidazole rings is 1. The Morgan fingerprint density at radius 1 is 1.04 bits per heavy atom. The van der Waals surface area contributed by atoms with Crippen molar-refractivity contribution in [2.75, 3.05) is 32.8 Å². The first-order valence-corrected chi connectivity index (χ1v) is 18.5. The van der Waals surface area contributed by atoms with Gasteiger partial charge < -0.3 is 28.0 Å². The molecule has 5 aromatic rings. The zero-order valence-corrected chi connectivity index (χ0v) is 31.2. The fraction of sp³-hybridized carbons (Fsp3) is 0.342. The molecule has 1 saturated heterocycles. The van der Waals surface area contributed by atoms with Gasteiger partial charge in [-0.2, -0.15) is 10.2 Å². The van der Waals surface area contributed by atoms with Crippen molar-refractivity contribution in [1.82, 2.24) is 19.5 Å². The van der Waals surface area contributed by atoms with Gasteiger partial charge in [0, 0.05) is 12.3 Å². The molecule has 4 unspecified atom stereocenters. The molecular formula is C38H41N6O9P. The van der Waals surface area contributed by atoms with Crippen LogP contribution in [0.5, 0.6) is 11.5 Å². The lowest BCUT2D eigenvalue weighted by atomic mass is 9.80. The highest BCUT2D eigenvalue weighted by Crippen LogP contribution is 2.44. The van der Waals surface area contributed by atoms with Crippen LogP contribution in [0.2, 0.25) is 0 Å². The summed E-state index contributed by atoms with van der Waals surface area (Å²) in [7, 11) is 0.120. The summed E-state index contributed by atoms with van der Waals surface area (Å²) >= 11 is 0. The number of ether oxygens (including phenoxy) is 4. The number of carbonyl (C=O) groups is 1. The van der Waals surface area contributed by atoms with Crippen molar-refractivity contribution in [2.24, 2.45) is 5.92 Å². The molecule has 1 fully saturated rings. The van der Waals surface area contributed by atoms with E-state index in [0.29, 0.717) is 11.5 Å². The second-order valence-corrected chi connectivity index (χ2v) is 13.7. The quantitative estimate of drug-likeness (QED) is 0.0708. The lowest BCUT2D eigenvalue weighted by Crippen LogP contribution is -2.38. The fourth-order valence-electron chi connectivity index (χ4n) is 6.22. The van der Waals surface area contributed by atoms with Gasteiger partial charge in [0.25, 0.3) is 5.56 Å². The Hall–Kier alpha value is -5.36. The van der Waals surface area contributed by atoms with Crippen LogP contribution < -0.4 is 20.3 Å². The molecule has 0 bridgehead atoms. The molecule has 4 atom stereocenters. The average molecular weight is 757 g/mol. The molecule has 3 heterocycles. The van der Waals surface area contributed by atoms with Gasteiger partial charge in [-0.1, -0.05) is 68.4 Å². The van der Waals surface area contributed by atoms with Crippen LogP contribution in [0.25, 0.3) is 11.2 Å². The third-order valence-electron chi connectivity index (χ3n) is 9.01. The minimum atomic E-state index is -3.08. The van der Waals surface area contributed by atoms with E-state index in [1.54, 1.807) is 32.6 Å². The van der Waals surface area contributed by atoms with Gasteiger partial charge in [0.2, 0.25) is 11.9 Å². The van der Waals surface area contributed by atoms with E-state index in [1.165, 1.54) is 6.33 Å². The topological polar surface area (TPSA) is 189 Å². The number of fused-ring (bicyclic) bond motifs is 1. The van der Waals surface area contributed by atoms with Crippen LogP contribution in [-0.2, 0) is 33.5 Å². The minimum absolute atomic E-state index is 0.0360. The standard InChI is InChI=1S/C38H41N6O9P/c1-24(2)35(45)42-37-41-34-33(36(46)43-37)40-23-44(34)32-21-30(53-54(47)51-20-8-19-39)31(52-32)22-50-38(25-9-6-5-7-10-25,26-11-15-28(48-3)16-12-26)27-13-17-29(49-4)18-14-27/h5-7,9-18,23-24,30-32,54H,8,20-22H2,1-4H3,(H2,41,42,43,45,46). The largest absolute Gasteiger partial charge is 0.497 e. The maximum Gasteiger partial charge on any atom is 0.319 e. The van der Waals surface area contributed by atoms with Gasteiger partial charge in [-0.3, -0.25) is 29.0 Å². The van der Waals surface area contributed by atoms with Crippen molar-refractivity contribution >= 4 is 31.3 Å². The van der Waals surface area contributed by atoms with E-state index in [2.05, 4.69) is 20.3 Å². The Morgan fingerprint density at radius 2 is 1.67 bits per heavy atom. The van der Waals surface area contributed by atoms with Crippen LogP contribution in [0.15, 0.2) is 90.0 Å². The first-order valence-electron chi connectivity index (χ1n) is 17.3. The van der Waals surface area contributed by atoms with E-state index < -0.39 is 37.9 Å². The maximum atomic E-state index is 13.1. The van der Waals surface area contributed by atoms with Crippen molar-refractivity contribution in [3.63, 3.8) is 0 Å². The Labute approximate surface area is 312 Å². The summed E-state index contributed by atoms with van der Waals surface area (Å²) in [6, 6.07) is 26.8. The molecule has 0 saturated carbocycles. The van der Waals surface area contributed by atoms with Gasteiger partial charge in [-0.25, -0.2) is 4.98 Å². The van der Waals surface area contributed by atoms with E-state index in [-0.39, 0.29) is 55.0 Å². The number of rotatable bonds is 16. The third kappa shape index (κ3) is 8.23. The first kappa shape index (κ1) is 38.4. The monoisotopic (exact) mass is 756 g/mol. The minimum Gasteiger partial charge on any atom is -0.497 e. The van der Waals surface area contributed by atoms with E-state index in [9.17, 15) is 14.2 Å². The van der Waals surface area contributed by atoms with Crippen molar-refractivity contribution in [3.05, 3.63) is 112 Å². The summed E-state index contributed by atoms with van der Waals surface area (Å²) in [6.07, 6.45) is -0.870. The van der Waals surface area contributed by atoms with Crippen LogP contribution in [0, 0.1) is 17.2 Å². The van der Waals surface area contributed by atoms with Crippen LogP contribution in [0.4, 0.5) is 5.95 Å². The van der Waals surface area contributed by atoms with E-state index >= 15 is 0 Å². The smallest absolute Gasteiger partial charge is 0.319 e. The normalized spacial score (nSPS) is 17.7. The molecule has 0 spiro atoms. The molecule has 54 heavy (non-hydrogen) atoms. The number of aromatic nitrogens is 4. The molecule has 16 heteroatoms. The fourth-order valence-corrected chi connectivity index (χ4v) is 7.05. The number of nitrogens with zero attached hydrogens (tertiary/aromatic N) is 4. The summed E-state index contributed by atoms with van der Waals surface area (Å²) in [5.41, 5.74) is 0.859. The molecule has 2 N–H and O–H groups in total. The Balaban J connectivity index is 1.39. The number of aromatic amines is 1. The second kappa shape index (κ2) is 17.2. The number of benzene rings is 3. The molecule has 2 aromatic heterocycles. The number of hydrogen-bond acceptors (Lipinski definition) is 12. The molecule has 282 valence electrons. The lowest BCUT2D eigenvalue weighted by molar-refractivity contribution is -0.118. The number of hydrogen-bond donors (Lipinski definition) is 2. The van der Waals surface area contributed by atoms with Gasteiger partial charge in [0.1, 0.15) is 29.4 Å². The third-order valence-corrected chi connectivity index (χ3v) is 9.94. The lowest BCUT2D eigenvalue weighted by Gasteiger charge is -2.37. The van der Waals surface area contributed by atoms with Gasteiger partial charge in [-0.05, 0) is 41.0 Å². The molecule has 3 aromatic carbocycles. The van der Waals surface area contributed by atoms with E-state index in [4.69, 9.17) is 33.3 Å². The summed E-state index contributed by atoms with van der Waals surface area (Å²) < 4.78 is 50.5. The molecule has 6 rings (SSSR count). The Bertz CT molecular complexity index is 2120. The van der Waals surface area contributed by atoms with Crippen LogP contribution in [0.1, 0.15) is 49.6 Å².